The Hall–Kier alpha value is -3.69. The van der Waals surface area contributed by atoms with E-state index in [1.807, 2.05) is 0 Å². The predicted octanol–water partition coefficient (Wildman–Crippen LogP) is 7.83. The third-order valence-electron chi connectivity index (χ3n) is 9.48. The maximum atomic E-state index is 15.0. The molecule has 0 heterocycles. The Labute approximate surface area is 259 Å². The second-order valence-corrected chi connectivity index (χ2v) is 15.0. The molecule has 2 aromatic carbocycles. The van der Waals surface area contributed by atoms with Crippen LogP contribution in [0.3, 0.4) is 0 Å². The van der Waals surface area contributed by atoms with Crippen molar-refractivity contribution in [3.63, 3.8) is 0 Å². The molecule has 2 bridgehead atoms. The maximum Gasteiger partial charge on any atom is 0.313 e. The van der Waals surface area contributed by atoms with Crippen molar-refractivity contribution in [1.82, 2.24) is 5.32 Å². The molecule has 0 radical (unpaired) electrons. The van der Waals surface area contributed by atoms with Crippen molar-refractivity contribution in [1.29, 1.82) is 0 Å². The van der Waals surface area contributed by atoms with Crippen molar-refractivity contribution < 1.29 is 57.2 Å². The van der Waals surface area contributed by atoms with Gasteiger partial charge >= 0.3 is 16.2 Å². The SMILES string of the molecule is COc1cc(F)c(OC2CCC(C)(C(=O)O)CC2)cc1C(=O)NC1C2CCC(C2)C1C(=O)Nc1ccc(F)c(S(F)(F)(F)(F)F)c1. The van der Waals surface area contributed by atoms with Crippen molar-refractivity contribution in [3.8, 4) is 11.5 Å². The summed E-state index contributed by atoms with van der Waals surface area (Å²) in [6, 6.07) is 2.09. The molecule has 2 amide bonds. The van der Waals surface area contributed by atoms with Crippen LogP contribution in [0, 0.1) is 34.8 Å². The normalized spacial score (nSPS) is 28.9. The van der Waals surface area contributed by atoms with Crippen LogP contribution in [-0.2, 0) is 9.59 Å². The maximum absolute atomic E-state index is 15.0. The fourth-order valence-corrected chi connectivity index (χ4v) is 7.71. The first-order valence-corrected chi connectivity index (χ1v) is 16.6. The lowest BCUT2D eigenvalue weighted by atomic mass is 9.75. The third kappa shape index (κ3) is 6.72. The lowest BCUT2D eigenvalue weighted by Crippen LogP contribution is -2.48. The van der Waals surface area contributed by atoms with Gasteiger partial charge in [-0.3, -0.25) is 14.4 Å². The summed E-state index contributed by atoms with van der Waals surface area (Å²) in [4.78, 5) is 35.7. The van der Waals surface area contributed by atoms with Crippen LogP contribution >= 0.6 is 10.2 Å². The lowest BCUT2D eigenvalue weighted by Gasteiger charge is -2.40. The molecule has 16 heteroatoms. The number of anilines is 1. The Morgan fingerprint density at radius 1 is 0.913 bits per heavy atom. The fourth-order valence-electron chi connectivity index (χ4n) is 6.92. The van der Waals surface area contributed by atoms with E-state index in [4.69, 9.17) is 9.47 Å². The Balaban J connectivity index is 1.34. The standard InChI is InChI=1S/C30H33F7N2O6S/c1-30(29(42)43)9-7-18(8-10-30)45-23-13-19(22(44-2)14-21(23)32)27(40)39-26-16-4-3-15(11-16)25(26)28(41)38-17-5-6-20(31)24(12-17)46(33,34,35,36)37/h5-6,12-16,18,25-26H,3-4,7-11H2,1-2H3,(H,38,41)(H,39,40)(H,42,43). The summed E-state index contributed by atoms with van der Waals surface area (Å²) in [6.45, 7) is 1.63. The van der Waals surface area contributed by atoms with Gasteiger partial charge in [-0.25, -0.2) is 8.78 Å². The fraction of sp³-hybridized carbons (Fsp3) is 0.500. The van der Waals surface area contributed by atoms with Crippen LogP contribution in [-0.4, -0.2) is 42.1 Å². The zero-order valence-electron chi connectivity index (χ0n) is 24.8. The number of methoxy groups -OCH3 is 1. The highest BCUT2D eigenvalue weighted by atomic mass is 32.5. The number of hydrogen-bond donors (Lipinski definition) is 3. The molecule has 0 aromatic heterocycles. The summed E-state index contributed by atoms with van der Waals surface area (Å²) in [5.74, 6) is -7.32. The number of hydrogen-bond acceptors (Lipinski definition) is 5. The van der Waals surface area contributed by atoms with Gasteiger partial charge in [0.05, 0.1) is 30.1 Å². The van der Waals surface area contributed by atoms with Crippen molar-refractivity contribution in [2.45, 2.75) is 68.9 Å². The average molecular weight is 683 g/mol. The van der Waals surface area contributed by atoms with Gasteiger partial charge in [-0.2, -0.15) is 0 Å². The number of nitrogens with one attached hydrogen (secondary N) is 2. The first-order chi connectivity index (χ1) is 21.2. The third-order valence-corrected chi connectivity index (χ3v) is 10.6. The lowest BCUT2D eigenvalue weighted by molar-refractivity contribution is -0.150. The quantitative estimate of drug-likeness (QED) is 0.233. The summed E-state index contributed by atoms with van der Waals surface area (Å²) >= 11 is 0. The number of carboxylic acids is 1. The number of aliphatic carboxylic acids is 1. The van der Waals surface area contributed by atoms with E-state index in [1.165, 1.54) is 7.11 Å². The molecular weight excluding hydrogens is 649 g/mol. The largest absolute Gasteiger partial charge is 0.496 e. The summed E-state index contributed by atoms with van der Waals surface area (Å²) in [7, 11) is -9.18. The van der Waals surface area contributed by atoms with Crippen LogP contribution < -0.4 is 20.1 Å². The molecule has 4 atom stereocenters. The molecule has 3 saturated carbocycles. The highest BCUT2D eigenvalue weighted by Crippen LogP contribution is 3.02. The highest BCUT2D eigenvalue weighted by Gasteiger charge is 2.67. The van der Waals surface area contributed by atoms with Crippen molar-refractivity contribution in [3.05, 3.63) is 47.5 Å². The van der Waals surface area contributed by atoms with Gasteiger partial charge in [0.1, 0.15) is 16.5 Å². The van der Waals surface area contributed by atoms with E-state index in [9.17, 15) is 47.7 Å². The van der Waals surface area contributed by atoms with E-state index < -0.39 is 73.7 Å². The zero-order chi connectivity index (χ0) is 33.9. The number of ether oxygens (including phenoxy) is 2. The molecule has 3 aliphatic rings. The molecule has 8 nitrogen and oxygen atoms in total. The van der Waals surface area contributed by atoms with Crippen LogP contribution in [0.5, 0.6) is 11.5 Å². The minimum Gasteiger partial charge on any atom is -0.496 e. The molecule has 0 aliphatic heterocycles. The first-order valence-electron chi connectivity index (χ1n) is 14.6. The van der Waals surface area contributed by atoms with Crippen molar-refractivity contribution in [2.24, 2.45) is 23.2 Å². The van der Waals surface area contributed by atoms with Crippen LogP contribution in [0.4, 0.5) is 33.9 Å². The van der Waals surface area contributed by atoms with Crippen molar-refractivity contribution in [2.75, 3.05) is 12.4 Å². The van der Waals surface area contributed by atoms with E-state index in [-0.39, 0.29) is 41.0 Å². The van der Waals surface area contributed by atoms with Crippen LogP contribution in [0.15, 0.2) is 35.2 Å². The average Bonchev–Trinajstić information content (AvgIpc) is 3.56. The Morgan fingerprint density at radius 3 is 2.17 bits per heavy atom. The molecule has 2 aromatic rings. The zero-order valence-corrected chi connectivity index (χ0v) is 25.6. The van der Waals surface area contributed by atoms with Gasteiger partial charge in [-0.15, -0.1) is 0 Å². The predicted molar refractivity (Wildman–Crippen MR) is 154 cm³/mol. The van der Waals surface area contributed by atoms with E-state index >= 15 is 0 Å². The monoisotopic (exact) mass is 682 g/mol. The van der Waals surface area contributed by atoms with Gasteiger partial charge in [0.2, 0.25) is 5.91 Å². The highest BCUT2D eigenvalue weighted by molar-refractivity contribution is 8.45. The minimum absolute atomic E-state index is 0.119. The first kappa shape index (κ1) is 33.7. The summed E-state index contributed by atoms with van der Waals surface area (Å²) in [6.07, 6.45) is 2.53. The van der Waals surface area contributed by atoms with Gasteiger partial charge in [-0.05, 0) is 88.0 Å². The Morgan fingerprint density at radius 2 is 1.57 bits per heavy atom. The molecule has 46 heavy (non-hydrogen) atoms. The van der Waals surface area contributed by atoms with Crippen LogP contribution in [0.25, 0.3) is 0 Å². The number of benzene rings is 2. The molecule has 5 rings (SSSR count). The second kappa shape index (κ2) is 10.9. The summed E-state index contributed by atoms with van der Waals surface area (Å²) in [5.41, 5.74) is -1.72. The summed E-state index contributed by atoms with van der Waals surface area (Å²) < 4.78 is 107. The smallest absolute Gasteiger partial charge is 0.313 e. The van der Waals surface area contributed by atoms with Gasteiger partial charge in [0, 0.05) is 17.8 Å². The molecule has 4 unspecified atom stereocenters. The number of rotatable bonds is 9. The van der Waals surface area contributed by atoms with Gasteiger partial charge < -0.3 is 25.2 Å². The number of amides is 2. The molecular formula is C30H33F7N2O6S. The summed E-state index contributed by atoms with van der Waals surface area (Å²) in [5, 5.41) is 14.4. The number of fused-ring (bicyclic) bond motifs is 2. The Bertz CT molecular complexity index is 1580. The molecule has 0 spiro atoms. The van der Waals surface area contributed by atoms with E-state index in [1.54, 1.807) is 6.92 Å². The molecule has 3 N–H and O–H groups in total. The second-order valence-electron chi connectivity index (χ2n) is 12.6. The van der Waals surface area contributed by atoms with E-state index in [2.05, 4.69) is 10.6 Å². The van der Waals surface area contributed by atoms with E-state index in [0.29, 0.717) is 44.9 Å². The van der Waals surface area contributed by atoms with E-state index in [0.717, 1.165) is 18.2 Å². The molecule has 254 valence electrons. The molecule has 3 aliphatic carbocycles. The van der Waals surface area contributed by atoms with Crippen LogP contribution in [0.2, 0.25) is 0 Å². The number of carbonyl (C=O) groups is 3. The van der Waals surface area contributed by atoms with Crippen LogP contribution in [0.1, 0.15) is 62.2 Å². The van der Waals surface area contributed by atoms with Crippen molar-refractivity contribution >= 4 is 33.7 Å². The Kier molecular flexibility index (Phi) is 8.01. The topological polar surface area (TPSA) is 114 Å². The molecule has 0 saturated heterocycles. The minimum atomic E-state index is -10.4. The number of carbonyl (C=O) groups excluding carboxylic acids is 2. The van der Waals surface area contributed by atoms with Gasteiger partial charge in [0.25, 0.3) is 5.91 Å². The number of carboxylic acid groups (broad SMARTS) is 1. The van der Waals surface area contributed by atoms with Gasteiger partial charge in [-0.1, -0.05) is 19.4 Å². The molecule has 3 fully saturated rings. The van der Waals surface area contributed by atoms with Gasteiger partial charge in [0.15, 0.2) is 11.6 Å². The number of halogens is 7.